The van der Waals surface area contributed by atoms with Gasteiger partial charge in [-0.25, -0.2) is 0 Å². The molecule has 0 spiro atoms. The number of nitrogens with one attached hydrogen (secondary N) is 6. The maximum absolute atomic E-state index is 12.8. The maximum atomic E-state index is 12.8. The second kappa shape index (κ2) is 18.0. The van der Waals surface area contributed by atoms with E-state index >= 15 is 0 Å². The third-order valence-electron chi connectivity index (χ3n) is 11.6. The number of hydrogen-bond acceptors (Lipinski definition) is 7. The molecule has 0 unspecified atom stereocenters. The number of amides is 4. The monoisotopic (exact) mass is 800 g/mol. The number of fused-ring (bicyclic) bond motifs is 2. The van der Waals surface area contributed by atoms with Gasteiger partial charge in [0.2, 0.25) is 0 Å². The summed E-state index contributed by atoms with van der Waals surface area (Å²) in [5, 5.41) is 11.9. The fourth-order valence-corrected chi connectivity index (χ4v) is 8.36. The van der Waals surface area contributed by atoms with Crippen molar-refractivity contribution in [3.63, 3.8) is 0 Å². The first-order valence-corrected chi connectivity index (χ1v) is 20.6. The molecule has 6 N–H and O–H groups in total. The lowest BCUT2D eigenvalue weighted by Gasteiger charge is -2.26. The second-order valence-corrected chi connectivity index (χ2v) is 16.0. The van der Waals surface area contributed by atoms with Crippen LogP contribution in [0.1, 0.15) is 89.7 Å². The quantitative estimate of drug-likeness (QED) is 0.111. The van der Waals surface area contributed by atoms with E-state index in [9.17, 15) is 19.2 Å². The van der Waals surface area contributed by atoms with Crippen LogP contribution >= 0.6 is 0 Å². The molecule has 0 saturated carbocycles. The largest absolute Gasteiger partial charge is 0.379 e. The fourth-order valence-electron chi connectivity index (χ4n) is 8.36. The number of aryl methyl sites for hydroxylation is 4. The van der Waals surface area contributed by atoms with Crippen LogP contribution in [0, 0.1) is 41.5 Å². The minimum Gasteiger partial charge on any atom is -0.379 e. The van der Waals surface area contributed by atoms with Gasteiger partial charge >= 0.3 is 0 Å². The van der Waals surface area contributed by atoms with Crippen LogP contribution in [-0.4, -0.2) is 109 Å². The first kappa shape index (κ1) is 41.4. The van der Waals surface area contributed by atoms with Crippen molar-refractivity contribution in [1.82, 2.24) is 30.4 Å². The number of aromatic amines is 2. The third-order valence-corrected chi connectivity index (χ3v) is 11.6. The van der Waals surface area contributed by atoms with E-state index in [1.165, 1.54) is 12.8 Å². The van der Waals surface area contributed by atoms with Crippen molar-refractivity contribution < 1.29 is 23.9 Å². The van der Waals surface area contributed by atoms with Crippen molar-refractivity contribution in [2.24, 2.45) is 0 Å². The van der Waals surface area contributed by atoms with E-state index in [0.717, 1.165) is 120 Å². The van der Waals surface area contributed by atoms with Gasteiger partial charge in [0.05, 0.1) is 35.5 Å². The van der Waals surface area contributed by atoms with Crippen molar-refractivity contribution in [2.75, 3.05) is 76.2 Å². The molecule has 13 nitrogen and oxygen atoms in total. The van der Waals surface area contributed by atoms with Gasteiger partial charge in [-0.1, -0.05) is 23.3 Å². The number of aromatic nitrogens is 2. The second-order valence-electron chi connectivity index (χ2n) is 16.0. The normalized spacial score (nSPS) is 17.7. The van der Waals surface area contributed by atoms with Gasteiger partial charge in [-0.3, -0.25) is 24.1 Å². The van der Waals surface area contributed by atoms with E-state index in [0.29, 0.717) is 35.4 Å². The average molecular weight is 801 g/mol. The summed E-state index contributed by atoms with van der Waals surface area (Å²) in [6, 6.07) is 11.8. The molecule has 2 aromatic carbocycles. The Balaban J connectivity index is 0.000000179. The standard InChI is InChI=1S/C23H28N4O3.C23H28N4O2/c1-14-4-5-19-17(12-14)18(22(28)26-19)13-20-15(2)21(16(3)25-20)23(29)24-6-7-27-8-10-30-11-9-27;1-14-6-7-19-17(12-14)18(22(28)26-19)13-20-15(2)21(16(3)25-20)23(29)24-8-11-27-9-4-5-10-27/h4-5,12-13,25H,6-11H2,1-3H3,(H,24,29)(H,26,28);6-7,12-13,25H,4-5,8-11H2,1-3H3,(H,24,29)(H,26,28)/b2*18-13-. The van der Waals surface area contributed by atoms with Crippen LogP contribution in [0.2, 0.25) is 0 Å². The van der Waals surface area contributed by atoms with Crippen molar-refractivity contribution in [3.8, 4) is 0 Å². The van der Waals surface area contributed by atoms with Crippen molar-refractivity contribution in [1.29, 1.82) is 0 Å². The molecule has 8 rings (SSSR count). The highest BCUT2D eigenvalue weighted by Crippen LogP contribution is 2.36. The molecule has 4 aromatic rings. The highest BCUT2D eigenvalue weighted by molar-refractivity contribution is 6.35. The van der Waals surface area contributed by atoms with E-state index in [-0.39, 0.29) is 23.6 Å². The highest BCUT2D eigenvalue weighted by Gasteiger charge is 2.27. The molecule has 2 fully saturated rings. The zero-order valence-electron chi connectivity index (χ0n) is 35.0. The molecule has 0 bridgehead atoms. The lowest BCUT2D eigenvalue weighted by atomic mass is 10.0. The summed E-state index contributed by atoms with van der Waals surface area (Å²) >= 11 is 0. The van der Waals surface area contributed by atoms with Crippen LogP contribution in [0.25, 0.3) is 23.3 Å². The molecule has 0 aliphatic carbocycles. The number of anilines is 2. The zero-order chi connectivity index (χ0) is 41.8. The minimum absolute atomic E-state index is 0.0628. The highest BCUT2D eigenvalue weighted by atomic mass is 16.5. The topological polar surface area (TPSA) is 164 Å². The number of morpholine rings is 1. The predicted octanol–water partition coefficient (Wildman–Crippen LogP) is 5.75. The number of benzene rings is 2. The van der Waals surface area contributed by atoms with Gasteiger partial charge in [0.25, 0.3) is 23.6 Å². The SMILES string of the molecule is Cc1ccc2c(c1)/C(=C/c1[nH]c(C)c(C(=O)NCCN3CCCC3)c1C)C(=O)N2.Cc1ccc2c(c1)/C(=C/c1[nH]c(C)c(C(=O)NCCN3CCOCC3)c1C)C(=O)N2. The van der Waals surface area contributed by atoms with Crippen LogP contribution in [0.3, 0.4) is 0 Å². The Hall–Kier alpha value is -5.76. The van der Waals surface area contributed by atoms with E-state index < -0.39 is 0 Å². The number of rotatable bonds is 10. The summed E-state index contributed by atoms with van der Waals surface area (Å²) in [6.07, 6.45) is 6.19. The Labute approximate surface area is 346 Å². The summed E-state index contributed by atoms with van der Waals surface area (Å²) in [5.41, 5.74) is 13.1. The molecule has 310 valence electrons. The molecule has 0 atom stereocenters. The number of carbonyl (C=O) groups is 4. The predicted molar refractivity (Wildman–Crippen MR) is 233 cm³/mol. The van der Waals surface area contributed by atoms with Gasteiger partial charge in [0.15, 0.2) is 0 Å². The Morgan fingerprint density at radius 2 is 1.07 bits per heavy atom. The summed E-state index contributed by atoms with van der Waals surface area (Å²) in [6.45, 7) is 20.1. The van der Waals surface area contributed by atoms with Gasteiger partial charge in [-0.05, 0) is 115 Å². The number of nitrogens with zero attached hydrogens (tertiary/aromatic N) is 2. The first-order chi connectivity index (χ1) is 28.4. The number of ether oxygens (including phenoxy) is 1. The summed E-state index contributed by atoms with van der Waals surface area (Å²) in [5.74, 6) is -0.397. The number of H-pyrrole nitrogens is 2. The van der Waals surface area contributed by atoms with E-state index in [1.807, 2.05) is 90.1 Å². The Kier molecular flexibility index (Phi) is 12.6. The molecular formula is C46H56N8O5. The molecule has 2 aromatic heterocycles. The Morgan fingerprint density at radius 3 is 1.51 bits per heavy atom. The van der Waals surface area contributed by atoms with Crippen LogP contribution < -0.4 is 21.3 Å². The lowest BCUT2D eigenvalue weighted by molar-refractivity contribution is -0.111. The summed E-state index contributed by atoms with van der Waals surface area (Å²) in [4.78, 5) is 61.8. The fraction of sp³-hybridized carbons (Fsp3) is 0.391. The first-order valence-electron chi connectivity index (χ1n) is 20.6. The summed E-state index contributed by atoms with van der Waals surface area (Å²) in [7, 11) is 0. The van der Waals surface area contributed by atoms with Crippen LogP contribution in [0.15, 0.2) is 36.4 Å². The average Bonchev–Trinajstić information content (AvgIpc) is 4.02. The van der Waals surface area contributed by atoms with E-state index in [4.69, 9.17) is 4.74 Å². The molecule has 2 saturated heterocycles. The van der Waals surface area contributed by atoms with Crippen molar-refractivity contribution in [3.05, 3.63) is 104 Å². The Bertz CT molecular complexity index is 2340. The zero-order valence-corrected chi connectivity index (χ0v) is 35.0. The van der Waals surface area contributed by atoms with Crippen molar-refractivity contribution in [2.45, 2.75) is 54.4 Å². The molecule has 0 radical (unpaired) electrons. The minimum atomic E-state index is -0.126. The molecule has 4 aliphatic heterocycles. The van der Waals surface area contributed by atoms with Gasteiger partial charge in [0.1, 0.15) is 0 Å². The van der Waals surface area contributed by atoms with Gasteiger partial charge in [-0.2, -0.15) is 0 Å². The van der Waals surface area contributed by atoms with Gasteiger partial charge in [-0.15, -0.1) is 0 Å². The smallest absolute Gasteiger partial charge is 0.256 e. The number of hydrogen-bond donors (Lipinski definition) is 6. The van der Waals surface area contributed by atoms with Gasteiger partial charge in [0, 0.05) is 84.5 Å². The molecular weight excluding hydrogens is 745 g/mol. The lowest BCUT2D eigenvalue weighted by Crippen LogP contribution is -2.41. The molecule has 59 heavy (non-hydrogen) atoms. The van der Waals surface area contributed by atoms with Gasteiger partial charge < -0.3 is 40.9 Å². The van der Waals surface area contributed by atoms with E-state index in [1.54, 1.807) is 0 Å². The van der Waals surface area contributed by atoms with Crippen LogP contribution in [-0.2, 0) is 14.3 Å². The molecule has 6 heterocycles. The van der Waals surface area contributed by atoms with Crippen LogP contribution in [0.5, 0.6) is 0 Å². The molecule has 4 amide bonds. The summed E-state index contributed by atoms with van der Waals surface area (Å²) < 4.78 is 5.35. The van der Waals surface area contributed by atoms with Crippen molar-refractivity contribution >= 4 is 58.3 Å². The van der Waals surface area contributed by atoms with E-state index in [2.05, 4.69) is 41.0 Å². The molecule has 13 heteroatoms. The molecule has 4 aliphatic rings. The Morgan fingerprint density at radius 1 is 0.644 bits per heavy atom. The number of carbonyl (C=O) groups excluding carboxylic acids is 4. The third kappa shape index (κ3) is 9.27. The van der Waals surface area contributed by atoms with Crippen LogP contribution in [0.4, 0.5) is 11.4 Å². The maximum Gasteiger partial charge on any atom is 0.256 e. The number of likely N-dealkylation sites (tertiary alicyclic amines) is 1.